The van der Waals surface area contributed by atoms with Gasteiger partial charge in [0.05, 0.1) is 30.5 Å². The van der Waals surface area contributed by atoms with Crippen LogP contribution in [-0.2, 0) is 4.74 Å². The van der Waals surface area contributed by atoms with Gasteiger partial charge in [-0.15, -0.1) is 11.3 Å². The first-order chi connectivity index (χ1) is 12.4. The van der Waals surface area contributed by atoms with Gasteiger partial charge in [0.2, 0.25) is 6.23 Å². The molecule has 1 aromatic heterocycles. The second-order valence-electron chi connectivity index (χ2n) is 7.28. The van der Waals surface area contributed by atoms with Crippen LogP contribution in [0, 0.1) is 5.92 Å². The maximum Gasteiger partial charge on any atom is 0.417 e. The molecular formula is C18H20BrCl2N3O2S. The molecule has 2 aromatic rings. The zero-order valence-electron chi connectivity index (χ0n) is 14.8. The number of quaternary nitrogens is 1. The van der Waals surface area contributed by atoms with Gasteiger partial charge in [0.1, 0.15) is 0 Å². The number of ether oxygens (including phenoxy) is 1. The number of thiazole rings is 1. The summed E-state index contributed by atoms with van der Waals surface area (Å²) in [6.07, 6.45) is 2.86. The summed E-state index contributed by atoms with van der Waals surface area (Å²) in [7, 11) is 2.18. The van der Waals surface area contributed by atoms with E-state index in [0.29, 0.717) is 21.8 Å². The number of rotatable bonds is 3. The van der Waals surface area contributed by atoms with Crippen molar-refractivity contribution in [3.8, 4) is 10.4 Å². The van der Waals surface area contributed by atoms with Crippen LogP contribution in [-0.4, -0.2) is 41.9 Å². The van der Waals surface area contributed by atoms with E-state index in [9.17, 15) is 4.79 Å². The fraction of sp³-hybridized carbons (Fsp3) is 0.444. The third-order valence-corrected chi connectivity index (χ3v) is 6.79. The predicted molar refractivity (Wildman–Crippen MR) is 105 cm³/mol. The molecule has 1 N–H and O–H groups in total. The molecule has 5 nitrogen and oxygen atoms in total. The number of carbonyl (C=O) groups is 1. The zero-order valence-corrected chi connectivity index (χ0v) is 18.7. The standard InChI is InChI=1S/C18H19Cl2N3O2S.BrH/c1-23-4-2-11(3-5-23)6-15(23)25-18(24)22-17-16(26-10-21-17)12-7-13(19)9-14(20)8-12;/h7-11,15H,2-6H2,1H3;1H. The summed E-state index contributed by atoms with van der Waals surface area (Å²) in [5.74, 6) is 1.15. The zero-order chi connectivity index (χ0) is 18.3. The highest BCUT2D eigenvalue weighted by molar-refractivity contribution is 7.13. The molecule has 9 heteroatoms. The lowest BCUT2D eigenvalue weighted by Crippen LogP contribution is -3.00. The molecule has 1 unspecified atom stereocenters. The van der Waals surface area contributed by atoms with E-state index in [1.165, 1.54) is 24.2 Å². The summed E-state index contributed by atoms with van der Waals surface area (Å²) in [6, 6.07) is 5.27. The highest BCUT2D eigenvalue weighted by Gasteiger charge is 2.46. The minimum atomic E-state index is -0.456. The lowest BCUT2D eigenvalue weighted by molar-refractivity contribution is -0.967. The van der Waals surface area contributed by atoms with Crippen molar-refractivity contribution in [1.29, 1.82) is 0 Å². The van der Waals surface area contributed by atoms with E-state index in [2.05, 4.69) is 17.3 Å². The second kappa shape index (κ2) is 8.25. The highest BCUT2D eigenvalue weighted by Crippen LogP contribution is 2.38. The van der Waals surface area contributed by atoms with Crippen LogP contribution in [0.2, 0.25) is 10.0 Å². The van der Waals surface area contributed by atoms with Gasteiger partial charge in [-0.2, -0.15) is 0 Å². The molecular weight excluding hydrogens is 473 g/mol. The van der Waals surface area contributed by atoms with E-state index in [1.807, 2.05) is 0 Å². The van der Waals surface area contributed by atoms with Crippen molar-refractivity contribution in [2.45, 2.75) is 25.5 Å². The number of halogens is 3. The summed E-state index contributed by atoms with van der Waals surface area (Å²) in [4.78, 5) is 17.6. The van der Waals surface area contributed by atoms with Crippen molar-refractivity contribution in [2.24, 2.45) is 5.92 Å². The van der Waals surface area contributed by atoms with E-state index in [0.717, 1.165) is 34.4 Å². The fourth-order valence-corrected chi connectivity index (χ4v) is 5.18. The van der Waals surface area contributed by atoms with Crippen LogP contribution in [0.4, 0.5) is 10.6 Å². The van der Waals surface area contributed by atoms with Crippen LogP contribution in [0.5, 0.6) is 0 Å². The molecule has 2 bridgehead atoms. The molecule has 0 aliphatic carbocycles. The fourth-order valence-electron chi connectivity index (χ4n) is 3.92. The van der Waals surface area contributed by atoms with Crippen molar-refractivity contribution in [2.75, 3.05) is 25.5 Å². The molecule has 1 atom stereocenters. The second-order valence-corrected chi connectivity index (χ2v) is 9.01. The van der Waals surface area contributed by atoms with Crippen LogP contribution < -0.4 is 22.3 Å². The Bertz CT molecular complexity index is 820. The number of anilines is 1. The van der Waals surface area contributed by atoms with Crippen molar-refractivity contribution >= 4 is 46.4 Å². The molecule has 3 fully saturated rings. The van der Waals surface area contributed by atoms with E-state index >= 15 is 0 Å². The Morgan fingerprint density at radius 2 is 1.93 bits per heavy atom. The number of amides is 1. The summed E-state index contributed by atoms with van der Waals surface area (Å²) < 4.78 is 6.59. The third kappa shape index (κ3) is 4.43. The smallest absolute Gasteiger partial charge is 0.417 e. The van der Waals surface area contributed by atoms with Crippen molar-refractivity contribution in [3.05, 3.63) is 33.8 Å². The monoisotopic (exact) mass is 491 g/mol. The van der Waals surface area contributed by atoms with E-state index in [-0.39, 0.29) is 23.2 Å². The van der Waals surface area contributed by atoms with Crippen LogP contribution in [0.3, 0.4) is 0 Å². The minimum Gasteiger partial charge on any atom is -1.00 e. The van der Waals surface area contributed by atoms with Gasteiger partial charge >= 0.3 is 6.09 Å². The van der Waals surface area contributed by atoms with Crippen LogP contribution in [0.15, 0.2) is 23.7 Å². The van der Waals surface area contributed by atoms with Gasteiger partial charge < -0.3 is 21.7 Å². The number of hydrogen-bond donors (Lipinski definition) is 1. The molecule has 0 radical (unpaired) electrons. The average Bonchev–Trinajstić information content (AvgIpc) is 3.03. The largest absolute Gasteiger partial charge is 1.00 e. The van der Waals surface area contributed by atoms with Crippen molar-refractivity contribution < 1.29 is 31.0 Å². The molecule has 3 saturated heterocycles. The number of benzene rings is 1. The maximum absolute atomic E-state index is 12.5. The Morgan fingerprint density at radius 3 is 2.56 bits per heavy atom. The molecule has 3 aliphatic rings. The molecule has 5 rings (SSSR count). The van der Waals surface area contributed by atoms with Crippen molar-refractivity contribution in [3.63, 3.8) is 0 Å². The minimum absolute atomic E-state index is 0. The van der Waals surface area contributed by atoms with Gasteiger partial charge in [-0.3, -0.25) is 9.80 Å². The average molecular weight is 493 g/mol. The predicted octanol–water partition coefficient (Wildman–Crippen LogP) is 2.26. The number of nitrogens with zero attached hydrogens (tertiary/aromatic N) is 2. The van der Waals surface area contributed by atoms with Gasteiger partial charge in [-0.05, 0) is 29.7 Å². The molecule has 0 spiro atoms. The number of piperidine rings is 3. The number of carbonyl (C=O) groups excluding carboxylic acids is 1. The Kier molecular flexibility index (Phi) is 6.37. The van der Waals surface area contributed by atoms with Crippen LogP contribution in [0.1, 0.15) is 19.3 Å². The third-order valence-electron chi connectivity index (χ3n) is 5.48. The Morgan fingerprint density at radius 1 is 1.26 bits per heavy atom. The van der Waals surface area contributed by atoms with Crippen molar-refractivity contribution in [1.82, 2.24) is 4.98 Å². The molecule has 3 aliphatic heterocycles. The topological polar surface area (TPSA) is 51.2 Å². The van der Waals surface area contributed by atoms with Gasteiger partial charge in [-0.1, -0.05) is 23.2 Å². The quantitative estimate of drug-likeness (QED) is 0.668. The van der Waals surface area contributed by atoms with Gasteiger partial charge in [-0.25, -0.2) is 9.78 Å². The first-order valence-electron chi connectivity index (χ1n) is 8.65. The first kappa shape index (κ1) is 20.9. The van der Waals surface area contributed by atoms with E-state index < -0.39 is 6.09 Å². The SMILES string of the molecule is C[N+]12CCC(CC1)CC2OC(=O)Nc1ncsc1-c1cc(Cl)cc(Cl)c1.[Br-]. The van der Waals surface area contributed by atoms with Gasteiger partial charge in [0.15, 0.2) is 5.82 Å². The lowest BCUT2D eigenvalue weighted by Gasteiger charge is -2.50. The molecule has 146 valence electrons. The Labute approximate surface area is 183 Å². The molecule has 1 amide bonds. The van der Waals surface area contributed by atoms with Gasteiger partial charge in [0.25, 0.3) is 0 Å². The van der Waals surface area contributed by atoms with Crippen LogP contribution in [0.25, 0.3) is 10.4 Å². The summed E-state index contributed by atoms with van der Waals surface area (Å²) in [5, 5.41) is 3.87. The summed E-state index contributed by atoms with van der Waals surface area (Å²) in [6.45, 7) is 2.15. The Balaban J connectivity index is 0.00000210. The number of nitrogens with one attached hydrogen (secondary N) is 1. The first-order valence-corrected chi connectivity index (χ1v) is 10.3. The van der Waals surface area contributed by atoms with Crippen LogP contribution >= 0.6 is 34.5 Å². The number of aromatic nitrogens is 1. The molecule has 1 aromatic carbocycles. The number of hydrogen-bond acceptors (Lipinski definition) is 4. The van der Waals surface area contributed by atoms with E-state index in [1.54, 1.807) is 23.7 Å². The normalized spacial score (nSPS) is 26.3. The number of fused-ring (bicyclic) bond motifs is 3. The maximum atomic E-state index is 12.5. The lowest BCUT2D eigenvalue weighted by atomic mass is 9.85. The molecule has 27 heavy (non-hydrogen) atoms. The summed E-state index contributed by atoms with van der Waals surface area (Å²) in [5.41, 5.74) is 2.50. The summed E-state index contributed by atoms with van der Waals surface area (Å²) >= 11 is 13.6. The Hall–Kier alpha value is -0.860. The molecule has 0 saturated carbocycles. The highest BCUT2D eigenvalue weighted by atomic mass is 79.9. The van der Waals surface area contributed by atoms with E-state index in [4.69, 9.17) is 27.9 Å². The van der Waals surface area contributed by atoms with Gasteiger partial charge in [0, 0.05) is 29.3 Å². The molecule has 4 heterocycles.